The fourth-order valence-corrected chi connectivity index (χ4v) is 2.51. The highest BCUT2D eigenvalue weighted by Gasteiger charge is 2.24. The fourth-order valence-electron chi connectivity index (χ4n) is 1.89. The highest BCUT2D eigenvalue weighted by Crippen LogP contribution is 2.31. The Morgan fingerprint density at radius 2 is 1.52 bits per heavy atom. The standard InChI is InChI=1S/C15H11BrF4N2S/c1-7(8-5-3-2-4-6-8)21-15(23)22-14-12(19)10(17)9(16)11(18)13(14)20/h2-7H,1H3,(H2,21,22,23). The van der Waals surface area contributed by atoms with Gasteiger partial charge in [-0.3, -0.25) is 0 Å². The van der Waals surface area contributed by atoms with E-state index in [1.54, 1.807) is 6.92 Å². The molecule has 8 heteroatoms. The van der Waals surface area contributed by atoms with Crippen molar-refractivity contribution in [3.05, 3.63) is 63.6 Å². The van der Waals surface area contributed by atoms with Gasteiger partial charge in [0.05, 0.1) is 10.5 Å². The number of hydrogen-bond acceptors (Lipinski definition) is 1. The Labute approximate surface area is 144 Å². The molecule has 2 aromatic carbocycles. The van der Waals surface area contributed by atoms with E-state index in [4.69, 9.17) is 12.2 Å². The van der Waals surface area contributed by atoms with Crippen molar-refractivity contribution >= 4 is 38.9 Å². The van der Waals surface area contributed by atoms with Crippen molar-refractivity contribution in [2.24, 2.45) is 0 Å². The van der Waals surface area contributed by atoms with E-state index in [0.29, 0.717) is 0 Å². The van der Waals surface area contributed by atoms with Crippen LogP contribution in [0.3, 0.4) is 0 Å². The smallest absolute Gasteiger partial charge is 0.186 e. The summed E-state index contributed by atoms with van der Waals surface area (Å²) in [5.74, 6) is -6.20. The molecule has 122 valence electrons. The molecule has 0 heterocycles. The van der Waals surface area contributed by atoms with Gasteiger partial charge in [-0.05, 0) is 40.6 Å². The van der Waals surface area contributed by atoms with Crippen LogP contribution in [0.25, 0.3) is 0 Å². The fraction of sp³-hybridized carbons (Fsp3) is 0.133. The van der Waals surface area contributed by atoms with Crippen LogP contribution in [0.5, 0.6) is 0 Å². The van der Waals surface area contributed by atoms with Crippen LogP contribution in [0.15, 0.2) is 34.8 Å². The summed E-state index contributed by atoms with van der Waals surface area (Å²) in [6.07, 6.45) is 0. The van der Waals surface area contributed by atoms with Gasteiger partial charge in [0.15, 0.2) is 28.4 Å². The first kappa shape index (κ1) is 17.7. The normalized spacial score (nSPS) is 11.9. The lowest BCUT2D eigenvalue weighted by Gasteiger charge is -2.18. The van der Waals surface area contributed by atoms with Crippen molar-refractivity contribution in [2.45, 2.75) is 13.0 Å². The Morgan fingerprint density at radius 3 is 2.04 bits per heavy atom. The van der Waals surface area contributed by atoms with Gasteiger partial charge in [-0.15, -0.1) is 0 Å². The zero-order chi connectivity index (χ0) is 17.1. The minimum atomic E-state index is -1.56. The van der Waals surface area contributed by atoms with E-state index < -0.39 is 33.4 Å². The molecule has 0 aromatic heterocycles. The molecule has 0 bridgehead atoms. The third kappa shape index (κ3) is 3.81. The maximum absolute atomic E-state index is 13.8. The number of rotatable bonds is 3. The summed E-state index contributed by atoms with van der Waals surface area (Å²) in [6, 6.07) is 8.88. The summed E-state index contributed by atoms with van der Waals surface area (Å²) in [5.41, 5.74) is -0.105. The first-order valence-electron chi connectivity index (χ1n) is 6.46. The Balaban J connectivity index is 2.18. The summed E-state index contributed by atoms with van der Waals surface area (Å²) in [4.78, 5) is 0. The second-order valence-corrected chi connectivity index (χ2v) is 5.88. The SMILES string of the molecule is CC(NC(=S)Nc1c(F)c(F)c(Br)c(F)c1F)c1ccccc1. The number of anilines is 1. The average molecular weight is 407 g/mol. The molecular formula is C15H11BrF4N2S. The van der Waals surface area contributed by atoms with Crippen molar-refractivity contribution in [3.63, 3.8) is 0 Å². The lowest BCUT2D eigenvalue weighted by Crippen LogP contribution is -2.31. The quantitative estimate of drug-likeness (QED) is 0.322. The summed E-state index contributed by atoms with van der Waals surface area (Å²) in [7, 11) is 0. The molecule has 1 unspecified atom stereocenters. The minimum absolute atomic E-state index is 0.166. The largest absolute Gasteiger partial charge is 0.356 e. The topological polar surface area (TPSA) is 24.1 Å². The predicted octanol–water partition coefficient (Wildman–Crippen LogP) is 5.05. The zero-order valence-corrected chi connectivity index (χ0v) is 14.2. The number of thiocarbonyl (C=S) groups is 1. The van der Waals surface area contributed by atoms with Gasteiger partial charge in [0, 0.05) is 0 Å². The Morgan fingerprint density at radius 1 is 1.00 bits per heavy atom. The molecule has 0 aliphatic heterocycles. The first-order chi connectivity index (χ1) is 10.8. The van der Waals surface area contributed by atoms with Crippen LogP contribution in [0.1, 0.15) is 18.5 Å². The van der Waals surface area contributed by atoms with Gasteiger partial charge in [-0.1, -0.05) is 30.3 Å². The number of benzene rings is 2. The Hall–Kier alpha value is -1.67. The Bertz CT molecular complexity index is 711. The highest BCUT2D eigenvalue weighted by atomic mass is 79.9. The van der Waals surface area contributed by atoms with E-state index in [1.807, 2.05) is 30.3 Å². The molecule has 2 rings (SSSR count). The van der Waals surface area contributed by atoms with Crippen LogP contribution in [0.2, 0.25) is 0 Å². The van der Waals surface area contributed by atoms with Crippen molar-refractivity contribution in [1.82, 2.24) is 5.32 Å². The van der Waals surface area contributed by atoms with Crippen LogP contribution in [0, 0.1) is 23.3 Å². The van der Waals surface area contributed by atoms with E-state index in [1.165, 1.54) is 0 Å². The molecule has 0 amide bonds. The average Bonchev–Trinajstić information content (AvgIpc) is 2.56. The summed E-state index contributed by atoms with van der Waals surface area (Å²) in [6.45, 7) is 1.78. The van der Waals surface area contributed by atoms with E-state index in [2.05, 4.69) is 26.6 Å². The van der Waals surface area contributed by atoms with E-state index in [9.17, 15) is 17.6 Å². The second-order valence-electron chi connectivity index (χ2n) is 4.68. The van der Waals surface area contributed by atoms with Crippen LogP contribution in [-0.2, 0) is 0 Å². The zero-order valence-electron chi connectivity index (χ0n) is 11.8. The van der Waals surface area contributed by atoms with Gasteiger partial charge in [0.1, 0.15) is 5.69 Å². The highest BCUT2D eigenvalue weighted by molar-refractivity contribution is 9.10. The van der Waals surface area contributed by atoms with Crippen molar-refractivity contribution in [1.29, 1.82) is 0 Å². The minimum Gasteiger partial charge on any atom is -0.356 e. The van der Waals surface area contributed by atoms with E-state index in [0.717, 1.165) is 5.56 Å². The number of hydrogen-bond donors (Lipinski definition) is 2. The molecule has 0 fully saturated rings. The lowest BCUT2D eigenvalue weighted by atomic mass is 10.1. The van der Waals surface area contributed by atoms with Crippen molar-refractivity contribution in [3.8, 4) is 0 Å². The summed E-state index contributed by atoms with van der Waals surface area (Å²) < 4.78 is 53.6. The molecule has 0 aliphatic rings. The van der Waals surface area contributed by atoms with Gasteiger partial charge >= 0.3 is 0 Å². The molecular weight excluding hydrogens is 396 g/mol. The van der Waals surface area contributed by atoms with Gasteiger partial charge in [0.25, 0.3) is 0 Å². The predicted molar refractivity (Wildman–Crippen MR) is 88.2 cm³/mol. The monoisotopic (exact) mass is 406 g/mol. The van der Waals surface area contributed by atoms with E-state index >= 15 is 0 Å². The van der Waals surface area contributed by atoms with E-state index in [-0.39, 0.29) is 11.2 Å². The Kier molecular flexibility index (Phi) is 5.59. The molecule has 23 heavy (non-hydrogen) atoms. The second kappa shape index (κ2) is 7.27. The number of nitrogens with one attached hydrogen (secondary N) is 2. The van der Waals surface area contributed by atoms with Crippen LogP contribution in [-0.4, -0.2) is 5.11 Å². The number of halogens is 5. The summed E-state index contributed by atoms with van der Waals surface area (Å²) in [5, 5.41) is 4.77. The maximum Gasteiger partial charge on any atom is 0.186 e. The molecule has 0 saturated carbocycles. The molecule has 2 N–H and O–H groups in total. The third-order valence-corrected chi connectivity index (χ3v) is 4.01. The molecule has 0 saturated heterocycles. The molecule has 2 nitrogen and oxygen atoms in total. The molecule has 0 radical (unpaired) electrons. The molecule has 0 spiro atoms. The molecule has 0 aliphatic carbocycles. The van der Waals surface area contributed by atoms with Gasteiger partial charge in [-0.2, -0.15) is 0 Å². The first-order valence-corrected chi connectivity index (χ1v) is 7.67. The van der Waals surface area contributed by atoms with Crippen LogP contribution < -0.4 is 10.6 Å². The maximum atomic E-state index is 13.8. The molecule has 2 aromatic rings. The van der Waals surface area contributed by atoms with Crippen LogP contribution >= 0.6 is 28.1 Å². The third-order valence-electron chi connectivity index (χ3n) is 3.10. The van der Waals surface area contributed by atoms with Crippen LogP contribution in [0.4, 0.5) is 23.2 Å². The van der Waals surface area contributed by atoms with Gasteiger partial charge in [-0.25, -0.2) is 17.6 Å². The van der Waals surface area contributed by atoms with Gasteiger partial charge < -0.3 is 10.6 Å². The van der Waals surface area contributed by atoms with Crippen molar-refractivity contribution < 1.29 is 17.6 Å². The van der Waals surface area contributed by atoms with Gasteiger partial charge in [0.2, 0.25) is 0 Å². The molecule has 1 atom stereocenters. The lowest BCUT2D eigenvalue weighted by molar-refractivity contribution is 0.452. The van der Waals surface area contributed by atoms with Crippen molar-refractivity contribution in [2.75, 3.05) is 5.32 Å². The summed E-state index contributed by atoms with van der Waals surface area (Å²) >= 11 is 7.38.